The van der Waals surface area contributed by atoms with Gasteiger partial charge < -0.3 is 15.3 Å². The van der Waals surface area contributed by atoms with Crippen LogP contribution in [0.3, 0.4) is 0 Å². The quantitative estimate of drug-likeness (QED) is 0.752. The fraction of sp³-hybridized carbons (Fsp3) is 0.692. The average Bonchev–Trinajstić information content (AvgIpc) is 2.76. The second-order valence-corrected chi connectivity index (χ2v) is 5.35. The minimum Gasteiger partial charge on any atom is -0.481 e. The molecule has 0 aliphatic heterocycles. The SMILES string of the molecule is CCC(C)(C)N(C)C(=O)NC1C=CC(C(=O)O)C1. The van der Waals surface area contributed by atoms with Crippen LogP contribution in [-0.2, 0) is 4.79 Å². The number of nitrogens with one attached hydrogen (secondary N) is 1. The maximum absolute atomic E-state index is 12.0. The molecule has 2 N–H and O–H groups in total. The topological polar surface area (TPSA) is 69.6 Å². The molecule has 18 heavy (non-hydrogen) atoms. The van der Waals surface area contributed by atoms with Crippen molar-refractivity contribution in [3.63, 3.8) is 0 Å². The lowest BCUT2D eigenvalue weighted by atomic mass is 10.0. The first kappa shape index (κ1) is 14.5. The Morgan fingerprint density at radius 3 is 2.50 bits per heavy atom. The van der Waals surface area contributed by atoms with Gasteiger partial charge in [0.2, 0.25) is 0 Å². The first-order valence-corrected chi connectivity index (χ1v) is 6.23. The van der Waals surface area contributed by atoms with Gasteiger partial charge in [-0.1, -0.05) is 19.1 Å². The van der Waals surface area contributed by atoms with E-state index in [4.69, 9.17) is 5.11 Å². The largest absolute Gasteiger partial charge is 0.481 e. The summed E-state index contributed by atoms with van der Waals surface area (Å²) in [6, 6.07) is -0.351. The normalized spacial score (nSPS) is 22.9. The molecule has 1 aliphatic carbocycles. The van der Waals surface area contributed by atoms with Gasteiger partial charge in [0.15, 0.2) is 0 Å². The minimum absolute atomic E-state index is 0.164. The summed E-state index contributed by atoms with van der Waals surface area (Å²) in [5.74, 6) is -1.33. The number of carbonyl (C=O) groups excluding carboxylic acids is 1. The van der Waals surface area contributed by atoms with Gasteiger partial charge in [0.1, 0.15) is 0 Å². The van der Waals surface area contributed by atoms with E-state index >= 15 is 0 Å². The number of carbonyl (C=O) groups is 2. The van der Waals surface area contributed by atoms with Gasteiger partial charge in [-0.15, -0.1) is 0 Å². The molecular formula is C13H22N2O3. The third-order valence-electron chi connectivity index (χ3n) is 3.79. The maximum Gasteiger partial charge on any atom is 0.318 e. The number of amides is 2. The van der Waals surface area contributed by atoms with Gasteiger partial charge in [-0.2, -0.15) is 0 Å². The second kappa shape index (κ2) is 5.42. The van der Waals surface area contributed by atoms with Crippen LogP contribution in [0, 0.1) is 5.92 Å². The van der Waals surface area contributed by atoms with E-state index in [2.05, 4.69) is 5.32 Å². The lowest BCUT2D eigenvalue weighted by molar-refractivity contribution is -0.140. The molecule has 0 saturated heterocycles. The second-order valence-electron chi connectivity index (χ2n) is 5.35. The van der Waals surface area contributed by atoms with E-state index < -0.39 is 11.9 Å². The molecule has 0 aromatic carbocycles. The molecule has 5 nitrogen and oxygen atoms in total. The molecule has 5 heteroatoms. The van der Waals surface area contributed by atoms with E-state index in [0.29, 0.717) is 6.42 Å². The van der Waals surface area contributed by atoms with E-state index in [1.54, 1.807) is 24.1 Å². The smallest absolute Gasteiger partial charge is 0.318 e. The molecule has 0 radical (unpaired) electrons. The Morgan fingerprint density at radius 1 is 1.44 bits per heavy atom. The summed E-state index contributed by atoms with van der Waals surface area (Å²) in [6.07, 6.45) is 4.68. The molecule has 0 spiro atoms. The highest BCUT2D eigenvalue weighted by Crippen LogP contribution is 2.20. The Kier molecular flexibility index (Phi) is 4.38. The van der Waals surface area contributed by atoms with Crippen molar-refractivity contribution in [2.24, 2.45) is 5.92 Å². The number of nitrogens with zero attached hydrogens (tertiary/aromatic N) is 1. The first-order chi connectivity index (χ1) is 8.27. The van der Waals surface area contributed by atoms with Gasteiger partial charge in [-0.25, -0.2) is 4.79 Å². The van der Waals surface area contributed by atoms with Crippen molar-refractivity contribution >= 4 is 12.0 Å². The number of rotatable bonds is 4. The van der Waals surface area contributed by atoms with Gasteiger partial charge in [-0.05, 0) is 26.7 Å². The molecular weight excluding hydrogens is 232 g/mol. The predicted molar refractivity (Wildman–Crippen MR) is 69.3 cm³/mol. The summed E-state index contributed by atoms with van der Waals surface area (Å²) in [5, 5.41) is 11.7. The fourth-order valence-electron chi connectivity index (χ4n) is 1.76. The highest BCUT2D eigenvalue weighted by molar-refractivity contribution is 5.76. The van der Waals surface area contributed by atoms with E-state index in [-0.39, 0.29) is 17.6 Å². The van der Waals surface area contributed by atoms with E-state index in [0.717, 1.165) is 6.42 Å². The average molecular weight is 254 g/mol. The summed E-state index contributed by atoms with van der Waals surface area (Å²) < 4.78 is 0. The van der Waals surface area contributed by atoms with Crippen molar-refractivity contribution in [1.29, 1.82) is 0 Å². The fourth-order valence-corrected chi connectivity index (χ4v) is 1.76. The van der Waals surface area contributed by atoms with Crippen molar-refractivity contribution in [3.8, 4) is 0 Å². The number of hydrogen-bond donors (Lipinski definition) is 2. The maximum atomic E-state index is 12.0. The standard InChI is InChI=1S/C13H22N2O3/c1-5-13(2,3)15(4)12(18)14-10-7-6-9(8-10)11(16)17/h6-7,9-10H,5,8H2,1-4H3,(H,14,18)(H,16,17). The highest BCUT2D eigenvalue weighted by Gasteiger charge is 2.29. The van der Waals surface area contributed by atoms with Crippen LogP contribution in [0.15, 0.2) is 12.2 Å². The highest BCUT2D eigenvalue weighted by atomic mass is 16.4. The molecule has 0 saturated carbocycles. The molecule has 2 atom stereocenters. The third kappa shape index (κ3) is 3.24. The summed E-state index contributed by atoms with van der Waals surface area (Å²) in [7, 11) is 1.76. The Hall–Kier alpha value is -1.52. The molecule has 102 valence electrons. The first-order valence-electron chi connectivity index (χ1n) is 6.23. The molecule has 0 aromatic rings. The van der Waals surface area contributed by atoms with Gasteiger partial charge in [0.05, 0.1) is 12.0 Å². The Bertz CT molecular complexity index is 363. The molecule has 2 amide bonds. The zero-order valence-corrected chi connectivity index (χ0v) is 11.4. The van der Waals surface area contributed by atoms with Crippen LogP contribution < -0.4 is 5.32 Å². The molecule has 1 rings (SSSR count). The minimum atomic E-state index is -0.842. The number of carboxylic acids is 1. The number of aliphatic carboxylic acids is 1. The summed E-state index contributed by atoms with van der Waals surface area (Å²) in [6.45, 7) is 6.02. The molecule has 0 fully saturated rings. The monoisotopic (exact) mass is 254 g/mol. The van der Waals surface area contributed by atoms with Crippen LogP contribution in [0.5, 0.6) is 0 Å². The van der Waals surface area contributed by atoms with E-state index in [1.165, 1.54) is 0 Å². The number of urea groups is 1. The van der Waals surface area contributed by atoms with Crippen molar-refractivity contribution in [3.05, 3.63) is 12.2 Å². The zero-order valence-electron chi connectivity index (χ0n) is 11.4. The van der Waals surface area contributed by atoms with Crippen molar-refractivity contribution < 1.29 is 14.7 Å². The van der Waals surface area contributed by atoms with Crippen molar-refractivity contribution in [2.45, 2.75) is 45.2 Å². The summed E-state index contributed by atoms with van der Waals surface area (Å²) in [4.78, 5) is 24.5. The van der Waals surface area contributed by atoms with Gasteiger partial charge in [-0.3, -0.25) is 4.79 Å². The predicted octanol–water partition coefficient (Wildman–Crippen LogP) is 1.85. The van der Waals surface area contributed by atoms with Crippen molar-refractivity contribution in [1.82, 2.24) is 10.2 Å². The van der Waals surface area contributed by atoms with Gasteiger partial charge in [0.25, 0.3) is 0 Å². The molecule has 0 heterocycles. The lowest BCUT2D eigenvalue weighted by Crippen LogP contribution is -2.51. The van der Waals surface area contributed by atoms with Crippen LogP contribution >= 0.6 is 0 Å². The Labute approximate surface area is 108 Å². The Balaban J connectivity index is 2.53. The van der Waals surface area contributed by atoms with Crippen molar-refractivity contribution in [2.75, 3.05) is 7.05 Å². The number of carboxylic acid groups (broad SMARTS) is 1. The van der Waals surface area contributed by atoms with Crippen LogP contribution in [0.4, 0.5) is 4.79 Å². The van der Waals surface area contributed by atoms with Crippen LogP contribution in [0.2, 0.25) is 0 Å². The molecule has 1 aliphatic rings. The van der Waals surface area contributed by atoms with E-state index in [1.807, 2.05) is 20.8 Å². The third-order valence-corrected chi connectivity index (χ3v) is 3.79. The van der Waals surface area contributed by atoms with Crippen LogP contribution in [0.1, 0.15) is 33.6 Å². The molecule has 0 bridgehead atoms. The number of hydrogen-bond acceptors (Lipinski definition) is 2. The molecule has 0 aromatic heterocycles. The summed E-state index contributed by atoms with van der Waals surface area (Å²) in [5.41, 5.74) is -0.210. The summed E-state index contributed by atoms with van der Waals surface area (Å²) >= 11 is 0. The van der Waals surface area contributed by atoms with Crippen LogP contribution in [-0.4, -0.2) is 40.6 Å². The Morgan fingerprint density at radius 2 is 2.06 bits per heavy atom. The van der Waals surface area contributed by atoms with Crippen LogP contribution in [0.25, 0.3) is 0 Å². The lowest BCUT2D eigenvalue weighted by Gasteiger charge is -2.35. The zero-order chi connectivity index (χ0) is 13.9. The van der Waals surface area contributed by atoms with Gasteiger partial charge in [0, 0.05) is 12.6 Å². The molecule has 2 unspecified atom stereocenters. The van der Waals surface area contributed by atoms with E-state index in [9.17, 15) is 9.59 Å². The van der Waals surface area contributed by atoms with Gasteiger partial charge >= 0.3 is 12.0 Å².